The van der Waals surface area contributed by atoms with Gasteiger partial charge in [-0.15, -0.1) is 10.2 Å². The molecule has 0 fully saturated rings. The minimum absolute atomic E-state index is 0.403. The molecule has 2 heterocycles. The maximum Gasteiger partial charge on any atom is 0.164 e. The van der Waals surface area contributed by atoms with Crippen molar-refractivity contribution in [3.05, 3.63) is 28.0 Å². The normalized spacial score (nSPS) is 14.6. The number of rotatable bonds is 1. The maximum absolute atomic E-state index is 6.05. The number of halogens is 2. The fraction of sp³-hybridized carbons (Fsp3) is 0.333. The van der Waals surface area contributed by atoms with E-state index in [0.717, 1.165) is 36.6 Å². The number of hydrogen-bond acceptors (Lipinski definition) is 3. The minimum atomic E-state index is 0.403. The molecule has 0 radical (unpaired) electrons. The third-order valence-electron chi connectivity index (χ3n) is 3.20. The molecule has 0 bridgehead atoms. The van der Waals surface area contributed by atoms with E-state index in [1.807, 2.05) is 0 Å². The lowest BCUT2D eigenvalue weighted by atomic mass is 10.1. The number of hydrogen-bond donors (Lipinski definition) is 1. The highest BCUT2D eigenvalue weighted by molar-refractivity contribution is 6.39. The maximum atomic E-state index is 6.05. The number of nitrogens with zero attached hydrogens (tertiary/aromatic N) is 3. The number of nitrogens with two attached hydrogens (primary N) is 1. The lowest BCUT2D eigenvalue weighted by Crippen LogP contribution is -2.11. The smallest absolute Gasteiger partial charge is 0.164 e. The summed E-state index contributed by atoms with van der Waals surface area (Å²) >= 11 is 12.1. The molecular weight excluding hydrogens is 271 g/mol. The lowest BCUT2D eigenvalue weighted by Gasteiger charge is -2.15. The number of fused-ring (bicyclic) bond motifs is 1. The molecule has 94 valence electrons. The van der Waals surface area contributed by atoms with Crippen molar-refractivity contribution in [3.63, 3.8) is 0 Å². The molecule has 18 heavy (non-hydrogen) atoms. The molecule has 1 aromatic carbocycles. The van der Waals surface area contributed by atoms with Crippen LogP contribution >= 0.6 is 23.2 Å². The standard InChI is InChI=1S/C12H12Cl2N4/c13-8-5-7(6-9(14)11(8)15)12-17-16-10-3-1-2-4-18(10)12/h5-6H,1-4,15H2. The summed E-state index contributed by atoms with van der Waals surface area (Å²) in [7, 11) is 0. The Morgan fingerprint density at radius 3 is 2.56 bits per heavy atom. The first-order valence-corrected chi connectivity index (χ1v) is 6.59. The second kappa shape index (κ2) is 4.44. The number of aryl methyl sites for hydroxylation is 1. The molecule has 1 aromatic heterocycles. The van der Waals surface area contributed by atoms with Crippen LogP contribution in [0.25, 0.3) is 11.4 Å². The summed E-state index contributed by atoms with van der Waals surface area (Å²) in [4.78, 5) is 0. The summed E-state index contributed by atoms with van der Waals surface area (Å²) in [5.41, 5.74) is 7.00. The van der Waals surface area contributed by atoms with Crippen molar-refractivity contribution in [2.24, 2.45) is 0 Å². The SMILES string of the molecule is Nc1c(Cl)cc(-c2nnc3n2CCCC3)cc1Cl. The van der Waals surface area contributed by atoms with Gasteiger partial charge in [-0.3, -0.25) is 0 Å². The summed E-state index contributed by atoms with van der Waals surface area (Å²) in [6.07, 6.45) is 3.29. The van der Waals surface area contributed by atoms with Crippen LogP contribution in [0.4, 0.5) is 5.69 Å². The molecule has 3 rings (SSSR count). The van der Waals surface area contributed by atoms with Gasteiger partial charge in [0.05, 0.1) is 15.7 Å². The first kappa shape index (κ1) is 11.8. The van der Waals surface area contributed by atoms with Crippen LogP contribution < -0.4 is 5.73 Å². The van der Waals surface area contributed by atoms with Crippen molar-refractivity contribution < 1.29 is 0 Å². The van der Waals surface area contributed by atoms with Gasteiger partial charge in [0.15, 0.2) is 5.82 Å². The molecule has 0 unspecified atom stereocenters. The molecule has 2 N–H and O–H groups in total. The van der Waals surface area contributed by atoms with Crippen molar-refractivity contribution in [2.45, 2.75) is 25.8 Å². The van der Waals surface area contributed by atoms with E-state index in [9.17, 15) is 0 Å². The van der Waals surface area contributed by atoms with Gasteiger partial charge in [-0.25, -0.2) is 0 Å². The van der Waals surface area contributed by atoms with Crippen molar-refractivity contribution in [1.82, 2.24) is 14.8 Å². The highest BCUT2D eigenvalue weighted by Gasteiger charge is 2.18. The topological polar surface area (TPSA) is 56.7 Å². The van der Waals surface area contributed by atoms with Crippen LogP contribution in [-0.4, -0.2) is 14.8 Å². The van der Waals surface area contributed by atoms with Gasteiger partial charge >= 0.3 is 0 Å². The van der Waals surface area contributed by atoms with E-state index >= 15 is 0 Å². The highest BCUT2D eigenvalue weighted by Crippen LogP contribution is 2.33. The van der Waals surface area contributed by atoms with E-state index < -0.39 is 0 Å². The Bertz CT molecular complexity index is 583. The largest absolute Gasteiger partial charge is 0.396 e. The zero-order chi connectivity index (χ0) is 12.7. The predicted molar refractivity (Wildman–Crippen MR) is 72.8 cm³/mol. The molecule has 0 saturated heterocycles. The van der Waals surface area contributed by atoms with Crippen LogP contribution in [0.2, 0.25) is 10.0 Å². The van der Waals surface area contributed by atoms with Gasteiger partial charge in [0, 0.05) is 18.5 Å². The molecule has 0 aliphatic carbocycles. The van der Waals surface area contributed by atoms with Crippen LogP contribution in [0.1, 0.15) is 18.7 Å². The molecule has 1 aliphatic rings. The Kier molecular flexibility index (Phi) is 2.92. The third-order valence-corrected chi connectivity index (χ3v) is 3.82. The summed E-state index contributed by atoms with van der Waals surface area (Å²) in [5, 5.41) is 9.34. The second-order valence-corrected chi connectivity index (χ2v) is 5.22. The highest BCUT2D eigenvalue weighted by atomic mass is 35.5. The molecule has 4 nitrogen and oxygen atoms in total. The zero-order valence-corrected chi connectivity index (χ0v) is 11.2. The molecule has 0 amide bonds. The summed E-state index contributed by atoms with van der Waals surface area (Å²) < 4.78 is 2.13. The van der Waals surface area contributed by atoms with Gasteiger partial charge in [-0.1, -0.05) is 23.2 Å². The molecule has 0 saturated carbocycles. The fourth-order valence-electron chi connectivity index (χ4n) is 2.24. The third kappa shape index (κ3) is 1.85. The Labute approximate surface area is 115 Å². The van der Waals surface area contributed by atoms with Crippen molar-refractivity contribution >= 4 is 28.9 Å². The van der Waals surface area contributed by atoms with Crippen LogP contribution in [0.3, 0.4) is 0 Å². The van der Waals surface area contributed by atoms with E-state index in [0.29, 0.717) is 15.7 Å². The predicted octanol–water partition coefficient (Wildman–Crippen LogP) is 3.17. The van der Waals surface area contributed by atoms with E-state index in [-0.39, 0.29) is 0 Å². The average molecular weight is 283 g/mol. The van der Waals surface area contributed by atoms with Crippen LogP contribution in [0.15, 0.2) is 12.1 Å². The van der Waals surface area contributed by atoms with Gasteiger partial charge in [-0.2, -0.15) is 0 Å². The Morgan fingerprint density at radius 1 is 1.11 bits per heavy atom. The van der Waals surface area contributed by atoms with Crippen molar-refractivity contribution in [2.75, 3.05) is 5.73 Å². The van der Waals surface area contributed by atoms with E-state index in [2.05, 4.69) is 14.8 Å². The van der Waals surface area contributed by atoms with Gasteiger partial charge < -0.3 is 10.3 Å². The van der Waals surface area contributed by atoms with Crippen LogP contribution in [-0.2, 0) is 13.0 Å². The van der Waals surface area contributed by atoms with Gasteiger partial charge in [0.2, 0.25) is 0 Å². The van der Waals surface area contributed by atoms with Crippen molar-refractivity contribution in [1.29, 1.82) is 0 Å². The van der Waals surface area contributed by atoms with Gasteiger partial charge in [0.1, 0.15) is 5.82 Å². The van der Waals surface area contributed by atoms with E-state index in [1.165, 1.54) is 6.42 Å². The number of benzene rings is 1. The summed E-state index contributed by atoms with van der Waals surface area (Å²) in [5.74, 6) is 1.84. The molecule has 0 spiro atoms. The Balaban J connectivity index is 2.13. The van der Waals surface area contributed by atoms with E-state index in [4.69, 9.17) is 28.9 Å². The number of nitrogen functional groups attached to an aromatic ring is 1. The number of anilines is 1. The lowest BCUT2D eigenvalue weighted by molar-refractivity contribution is 0.526. The second-order valence-electron chi connectivity index (χ2n) is 4.40. The van der Waals surface area contributed by atoms with Gasteiger partial charge in [-0.05, 0) is 25.0 Å². The fourth-order valence-corrected chi connectivity index (χ4v) is 2.72. The average Bonchev–Trinajstić information content (AvgIpc) is 2.79. The molecule has 2 aromatic rings. The minimum Gasteiger partial charge on any atom is -0.396 e. The van der Waals surface area contributed by atoms with Crippen LogP contribution in [0, 0.1) is 0 Å². The first-order chi connectivity index (χ1) is 8.66. The van der Waals surface area contributed by atoms with Crippen LogP contribution in [0.5, 0.6) is 0 Å². The Hall–Kier alpha value is -1.26. The summed E-state index contributed by atoms with van der Waals surface area (Å²) in [6, 6.07) is 3.57. The quantitative estimate of drug-likeness (QED) is 0.818. The molecular formula is C12H12Cl2N4. The monoisotopic (exact) mass is 282 g/mol. The first-order valence-electron chi connectivity index (χ1n) is 5.84. The van der Waals surface area contributed by atoms with Gasteiger partial charge in [0.25, 0.3) is 0 Å². The van der Waals surface area contributed by atoms with E-state index in [1.54, 1.807) is 12.1 Å². The summed E-state index contributed by atoms with van der Waals surface area (Å²) in [6.45, 7) is 0.942. The zero-order valence-electron chi connectivity index (χ0n) is 9.66. The van der Waals surface area contributed by atoms with Crippen molar-refractivity contribution in [3.8, 4) is 11.4 Å². The number of aromatic nitrogens is 3. The molecule has 1 aliphatic heterocycles. The molecule has 0 atom stereocenters. The Morgan fingerprint density at radius 2 is 1.83 bits per heavy atom. The molecule has 6 heteroatoms.